The summed E-state index contributed by atoms with van der Waals surface area (Å²) in [4.78, 5) is 11.9. The molecule has 0 radical (unpaired) electrons. The second-order valence-corrected chi connectivity index (χ2v) is 6.06. The molecule has 0 heterocycles. The Bertz CT molecular complexity index is 273. The number of hydrogen-bond acceptors (Lipinski definition) is 3. The van der Waals surface area contributed by atoms with Crippen molar-refractivity contribution in [2.45, 2.75) is 83.4 Å². The smallest absolute Gasteiger partial charge is 0.237 e. The molecule has 4 heteroatoms. The van der Waals surface area contributed by atoms with E-state index in [0.717, 1.165) is 32.1 Å². The van der Waals surface area contributed by atoms with E-state index in [1.165, 1.54) is 12.8 Å². The summed E-state index contributed by atoms with van der Waals surface area (Å²) >= 11 is 0. The second-order valence-electron chi connectivity index (χ2n) is 6.06. The lowest BCUT2D eigenvalue weighted by atomic mass is 9.94. The van der Waals surface area contributed by atoms with Crippen LogP contribution in [-0.4, -0.2) is 35.2 Å². The van der Waals surface area contributed by atoms with Gasteiger partial charge < -0.3 is 15.7 Å². The summed E-state index contributed by atoms with van der Waals surface area (Å²) < 4.78 is 0. The molecule has 1 aliphatic rings. The van der Waals surface area contributed by atoms with E-state index < -0.39 is 5.60 Å². The van der Waals surface area contributed by atoms with Gasteiger partial charge in [0.1, 0.15) is 0 Å². The number of carbonyl (C=O) groups excluding carboxylic acids is 1. The lowest BCUT2D eigenvalue weighted by molar-refractivity contribution is -0.123. The third-order valence-electron chi connectivity index (χ3n) is 4.17. The SMILES string of the molecule is CCC(C)NC(=O)C(C)NCC1(O)CCCCCC1. The van der Waals surface area contributed by atoms with Crippen LogP contribution in [0.5, 0.6) is 0 Å². The maximum Gasteiger partial charge on any atom is 0.237 e. The summed E-state index contributed by atoms with van der Waals surface area (Å²) in [5.74, 6) is 0.0200. The molecule has 1 aliphatic carbocycles. The third kappa shape index (κ3) is 5.91. The Morgan fingerprint density at radius 3 is 2.32 bits per heavy atom. The minimum atomic E-state index is -0.624. The zero-order chi connectivity index (χ0) is 14.3. The van der Waals surface area contributed by atoms with Gasteiger partial charge in [0, 0.05) is 12.6 Å². The van der Waals surface area contributed by atoms with Crippen molar-refractivity contribution in [1.82, 2.24) is 10.6 Å². The Labute approximate surface area is 117 Å². The van der Waals surface area contributed by atoms with E-state index in [2.05, 4.69) is 17.6 Å². The molecule has 0 bridgehead atoms. The Morgan fingerprint density at radius 1 is 1.21 bits per heavy atom. The van der Waals surface area contributed by atoms with E-state index >= 15 is 0 Å². The average Bonchev–Trinajstić information content (AvgIpc) is 2.61. The lowest BCUT2D eigenvalue weighted by Crippen LogP contribution is -2.50. The van der Waals surface area contributed by atoms with Crippen molar-refractivity contribution in [3.63, 3.8) is 0 Å². The number of aliphatic hydroxyl groups is 1. The predicted octanol–water partition coefficient (Wildman–Crippen LogP) is 1.96. The van der Waals surface area contributed by atoms with Crippen LogP contribution < -0.4 is 10.6 Å². The zero-order valence-corrected chi connectivity index (χ0v) is 12.7. The monoisotopic (exact) mass is 270 g/mol. The van der Waals surface area contributed by atoms with Gasteiger partial charge >= 0.3 is 0 Å². The van der Waals surface area contributed by atoms with Crippen LogP contribution in [0, 0.1) is 0 Å². The summed E-state index contributed by atoms with van der Waals surface area (Å²) in [6.45, 7) is 6.43. The Kier molecular flexibility index (Phi) is 6.80. The fraction of sp³-hybridized carbons (Fsp3) is 0.933. The first-order chi connectivity index (χ1) is 8.97. The predicted molar refractivity (Wildman–Crippen MR) is 78.0 cm³/mol. The first kappa shape index (κ1) is 16.4. The first-order valence-electron chi connectivity index (χ1n) is 7.73. The van der Waals surface area contributed by atoms with Crippen LogP contribution in [0.3, 0.4) is 0 Å². The van der Waals surface area contributed by atoms with Crippen LogP contribution in [0.2, 0.25) is 0 Å². The van der Waals surface area contributed by atoms with Crippen LogP contribution in [0.1, 0.15) is 65.7 Å². The second kappa shape index (κ2) is 7.85. The number of rotatable bonds is 6. The molecule has 1 rings (SSSR count). The quantitative estimate of drug-likeness (QED) is 0.647. The van der Waals surface area contributed by atoms with Crippen molar-refractivity contribution >= 4 is 5.91 Å². The zero-order valence-electron chi connectivity index (χ0n) is 12.7. The van der Waals surface area contributed by atoms with Gasteiger partial charge in [-0.3, -0.25) is 4.79 Å². The van der Waals surface area contributed by atoms with Gasteiger partial charge in [0.15, 0.2) is 0 Å². The fourth-order valence-corrected chi connectivity index (χ4v) is 2.47. The molecule has 0 aromatic carbocycles. The molecule has 112 valence electrons. The van der Waals surface area contributed by atoms with Crippen molar-refractivity contribution < 1.29 is 9.90 Å². The van der Waals surface area contributed by atoms with Gasteiger partial charge in [-0.2, -0.15) is 0 Å². The highest BCUT2D eigenvalue weighted by Gasteiger charge is 2.28. The molecule has 0 spiro atoms. The van der Waals surface area contributed by atoms with Crippen molar-refractivity contribution in [2.75, 3.05) is 6.54 Å². The van der Waals surface area contributed by atoms with E-state index in [4.69, 9.17) is 0 Å². The molecule has 19 heavy (non-hydrogen) atoms. The number of carbonyl (C=O) groups is 1. The number of hydrogen-bond donors (Lipinski definition) is 3. The third-order valence-corrected chi connectivity index (χ3v) is 4.17. The fourth-order valence-electron chi connectivity index (χ4n) is 2.47. The van der Waals surface area contributed by atoms with Gasteiger partial charge in [0.2, 0.25) is 5.91 Å². The van der Waals surface area contributed by atoms with Gasteiger partial charge in [-0.1, -0.05) is 32.6 Å². The molecule has 2 atom stereocenters. The summed E-state index contributed by atoms with van der Waals surface area (Å²) in [5, 5.41) is 16.7. The molecule has 1 amide bonds. The molecule has 1 saturated carbocycles. The Balaban J connectivity index is 2.35. The lowest BCUT2D eigenvalue weighted by Gasteiger charge is -2.28. The summed E-state index contributed by atoms with van der Waals surface area (Å²) in [6.07, 6.45) is 7.23. The van der Waals surface area contributed by atoms with Gasteiger partial charge in [0.05, 0.1) is 11.6 Å². The minimum Gasteiger partial charge on any atom is -0.389 e. The number of nitrogens with one attached hydrogen (secondary N) is 2. The molecule has 0 saturated heterocycles. The molecule has 2 unspecified atom stereocenters. The average molecular weight is 270 g/mol. The molecule has 1 fully saturated rings. The van der Waals surface area contributed by atoms with Crippen molar-refractivity contribution in [2.24, 2.45) is 0 Å². The van der Waals surface area contributed by atoms with Crippen molar-refractivity contribution in [3.05, 3.63) is 0 Å². The summed E-state index contributed by atoms with van der Waals surface area (Å²) in [6, 6.07) is -0.0426. The van der Waals surface area contributed by atoms with Crippen LogP contribution in [0.4, 0.5) is 0 Å². The van der Waals surface area contributed by atoms with Crippen molar-refractivity contribution in [1.29, 1.82) is 0 Å². The van der Waals surface area contributed by atoms with Gasteiger partial charge in [-0.05, 0) is 33.1 Å². The highest BCUT2D eigenvalue weighted by molar-refractivity contribution is 5.81. The van der Waals surface area contributed by atoms with Crippen LogP contribution >= 0.6 is 0 Å². The molecule has 0 aromatic heterocycles. The highest BCUT2D eigenvalue weighted by Crippen LogP contribution is 2.26. The summed E-state index contributed by atoms with van der Waals surface area (Å²) in [5.41, 5.74) is -0.624. The number of amides is 1. The van der Waals surface area contributed by atoms with Gasteiger partial charge in [0.25, 0.3) is 0 Å². The first-order valence-corrected chi connectivity index (χ1v) is 7.73. The minimum absolute atomic E-state index is 0.0200. The Hall–Kier alpha value is -0.610. The van der Waals surface area contributed by atoms with Crippen LogP contribution in [-0.2, 0) is 4.79 Å². The molecular weight excluding hydrogens is 240 g/mol. The van der Waals surface area contributed by atoms with Gasteiger partial charge in [-0.25, -0.2) is 0 Å². The van der Waals surface area contributed by atoms with Crippen molar-refractivity contribution in [3.8, 4) is 0 Å². The normalized spacial score (nSPS) is 22.3. The van der Waals surface area contributed by atoms with E-state index in [-0.39, 0.29) is 18.0 Å². The Morgan fingerprint density at radius 2 is 1.79 bits per heavy atom. The maximum absolute atomic E-state index is 11.9. The molecule has 0 aromatic rings. The molecular formula is C15H30N2O2. The van der Waals surface area contributed by atoms with E-state index in [1.807, 2.05) is 13.8 Å². The maximum atomic E-state index is 11.9. The van der Waals surface area contributed by atoms with Crippen LogP contribution in [0.25, 0.3) is 0 Å². The van der Waals surface area contributed by atoms with E-state index in [1.54, 1.807) is 0 Å². The largest absolute Gasteiger partial charge is 0.389 e. The van der Waals surface area contributed by atoms with E-state index in [9.17, 15) is 9.90 Å². The highest BCUT2D eigenvalue weighted by atomic mass is 16.3. The molecule has 0 aliphatic heterocycles. The summed E-state index contributed by atoms with van der Waals surface area (Å²) in [7, 11) is 0. The topological polar surface area (TPSA) is 61.4 Å². The van der Waals surface area contributed by atoms with E-state index in [0.29, 0.717) is 6.54 Å². The molecule has 3 N–H and O–H groups in total. The van der Waals surface area contributed by atoms with Gasteiger partial charge in [-0.15, -0.1) is 0 Å². The van der Waals surface area contributed by atoms with Crippen LogP contribution in [0.15, 0.2) is 0 Å². The standard InChI is InChI=1S/C15H30N2O2/c1-4-12(2)17-14(18)13(3)16-11-15(19)9-7-5-6-8-10-15/h12-13,16,19H,4-11H2,1-3H3,(H,17,18). The molecule has 4 nitrogen and oxygen atoms in total.